The van der Waals surface area contributed by atoms with Gasteiger partial charge in [0.25, 0.3) is 5.95 Å². The smallest absolute Gasteiger partial charge is 0.309 e. The number of aromatic nitrogens is 4. The van der Waals surface area contributed by atoms with Crippen LogP contribution in [0.2, 0.25) is 0 Å². The van der Waals surface area contributed by atoms with Gasteiger partial charge in [-0.1, -0.05) is 24.4 Å². The van der Waals surface area contributed by atoms with Crippen molar-refractivity contribution >= 4 is 50.8 Å². The van der Waals surface area contributed by atoms with Crippen LogP contribution in [0.4, 0.5) is 5.95 Å². The van der Waals surface area contributed by atoms with Gasteiger partial charge in [-0.25, -0.2) is 9.55 Å². The second-order valence-electron chi connectivity index (χ2n) is 6.93. The van der Waals surface area contributed by atoms with Crippen LogP contribution >= 0.6 is 21.9 Å². The molecule has 2 aromatic heterocycles. The number of ether oxygens (including phenoxy) is 1. The molecule has 1 aliphatic rings. The Hall–Kier alpha value is -1.10. The fourth-order valence-corrected chi connectivity index (χ4v) is 8.29. The molecule has 0 spiro atoms. The summed E-state index contributed by atoms with van der Waals surface area (Å²) in [7, 11) is -9.55. The van der Waals surface area contributed by atoms with Crippen molar-refractivity contribution in [3.8, 4) is 5.88 Å². The van der Waals surface area contributed by atoms with Gasteiger partial charge in [-0.05, 0) is 0 Å². The third-order valence-corrected chi connectivity index (χ3v) is 10.3. The monoisotopic (exact) mass is 547 g/mol. The first-order valence-electron chi connectivity index (χ1n) is 8.70. The highest BCUT2D eigenvalue weighted by molar-refractivity contribution is 8.08. The molecule has 0 bridgehead atoms. The standard InChI is InChI=1S/C12H20N5O12P3S/c1-16-3-17(9-6(16)10(20)15-12(13)14-9)11-8(19)7(18)5(28-11)2-27-32(26,33)29-31(24,25)4-30(21,22)23/h3,5,7-8,11,18-19H,2,4H2,1H3,(H6-,13,14,15,20,21,22,23,24,25,26,33)/p-4/t5-,7-,8-,11-,32?/m1/s1. The number of rotatable bonds is 8. The Morgan fingerprint density at radius 1 is 1.27 bits per heavy atom. The summed E-state index contributed by atoms with van der Waals surface area (Å²) in [6.07, 6.45) is -4.80. The van der Waals surface area contributed by atoms with Gasteiger partial charge in [-0.2, -0.15) is 0 Å². The molecule has 1 fully saturated rings. The molecule has 3 heterocycles. The Bertz CT molecular complexity index is 1200. The van der Waals surface area contributed by atoms with Crippen LogP contribution in [0, 0.1) is 0 Å². The number of nitrogens with two attached hydrogens (primary N) is 1. The molecule has 0 aliphatic carbocycles. The van der Waals surface area contributed by atoms with Crippen molar-refractivity contribution in [1.29, 1.82) is 0 Å². The highest BCUT2D eigenvalue weighted by Crippen LogP contribution is 2.59. The number of fused-ring (bicyclic) bond motifs is 1. The second kappa shape index (κ2) is 9.17. The third-order valence-electron chi connectivity index (χ3n) is 4.32. The molecular formula is C12H16N5O12P3S-4. The van der Waals surface area contributed by atoms with E-state index in [-0.39, 0.29) is 17.1 Å². The molecule has 2 aromatic rings. The van der Waals surface area contributed by atoms with Crippen LogP contribution in [0.15, 0.2) is 6.33 Å². The van der Waals surface area contributed by atoms with Crippen molar-refractivity contribution in [2.75, 3.05) is 18.2 Å². The summed E-state index contributed by atoms with van der Waals surface area (Å²) in [4.78, 5) is 52.3. The van der Waals surface area contributed by atoms with Crippen LogP contribution in [0.5, 0.6) is 5.88 Å². The Balaban J connectivity index is 1.75. The lowest BCUT2D eigenvalue weighted by Gasteiger charge is -2.40. The van der Waals surface area contributed by atoms with Gasteiger partial charge in [0.2, 0.25) is 6.23 Å². The van der Waals surface area contributed by atoms with Crippen LogP contribution in [0.3, 0.4) is 0 Å². The fraction of sp³-hybridized carbons (Fsp3) is 0.583. The molecule has 186 valence electrons. The highest BCUT2D eigenvalue weighted by atomic mass is 32.5. The van der Waals surface area contributed by atoms with Crippen molar-refractivity contribution in [1.82, 2.24) is 14.5 Å². The molecular weight excluding hydrogens is 531 g/mol. The Morgan fingerprint density at radius 3 is 2.52 bits per heavy atom. The van der Waals surface area contributed by atoms with E-state index in [0.29, 0.717) is 0 Å². The van der Waals surface area contributed by atoms with Gasteiger partial charge in [0.1, 0.15) is 32.6 Å². The zero-order chi connectivity index (χ0) is 24.9. The van der Waals surface area contributed by atoms with E-state index in [4.69, 9.17) is 10.5 Å². The Morgan fingerprint density at radius 2 is 1.91 bits per heavy atom. The molecule has 0 saturated carbocycles. The van der Waals surface area contributed by atoms with Crippen molar-refractivity contribution in [2.45, 2.75) is 24.5 Å². The van der Waals surface area contributed by atoms with Crippen molar-refractivity contribution in [3.63, 3.8) is 0 Å². The Labute approximate surface area is 189 Å². The maximum absolute atomic E-state index is 12.1. The summed E-state index contributed by atoms with van der Waals surface area (Å²) < 4.78 is 38.8. The van der Waals surface area contributed by atoms with Crippen LogP contribution in [-0.4, -0.2) is 55.6 Å². The van der Waals surface area contributed by atoms with Crippen molar-refractivity contribution in [2.24, 2.45) is 7.05 Å². The fourth-order valence-electron chi connectivity index (χ4n) is 3.09. The van der Waals surface area contributed by atoms with Gasteiger partial charge < -0.3 is 59.0 Å². The zero-order valence-corrected chi connectivity index (χ0v) is 19.9. The predicted octanol–water partition coefficient (Wildman–Crippen LogP) is -5.43. The number of aliphatic hydroxyl groups is 2. The van der Waals surface area contributed by atoms with Crippen molar-refractivity contribution in [3.05, 3.63) is 6.33 Å². The Kier molecular flexibility index (Phi) is 7.36. The number of aliphatic hydroxyl groups excluding tert-OH is 2. The molecule has 17 nitrogen and oxygen atoms in total. The second-order valence-corrected chi connectivity index (χ2v) is 13.6. The first-order valence-corrected chi connectivity index (χ1v) is 14.7. The summed E-state index contributed by atoms with van der Waals surface area (Å²) >= 11 is 4.37. The summed E-state index contributed by atoms with van der Waals surface area (Å²) in [5.74, 6) is -3.04. The quantitative estimate of drug-likeness (QED) is 0.205. The van der Waals surface area contributed by atoms with Crippen LogP contribution < -0.4 is 35.0 Å². The van der Waals surface area contributed by atoms with E-state index in [0.717, 1.165) is 0 Å². The van der Waals surface area contributed by atoms with Gasteiger partial charge in [0, 0.05) is 11.8 Å². The predicted molar refractivity (Wildman–Crippen MR) is 99.9 cm³/mol. The molecule has 0 aromatic carbocycles. The lowest BCUT2D eigenvalue weighted by Crippen LogP contribution is -2.46. The number of nitrogen functional groups attached to an aromatic ring is 1. The highest BCUT2D eigenvalue weighted by Gasteiger charge is 2.47. The molecule has 21 heteroatoms. The van der Waals surface area contributed by atoms with Gasteiger partial charge in [0.05, 0.1) is 13.7 Å². The molecule has 4 N–H and O–H groups in total. The SMILES string of the molecule is Cn1c[n+]([C@@H]2O[C@H](COP([O-])(=S)OP(=O)([O-])CP(=O)([O-])[O-])[C@@H](O)[C@H]2O)c2nc(N)nc([O-])c21. The van der Waals surface area contributed by atoms with E-state index < -0.39 is 64.8 Å². The number of aryl methyl sites for hydroxylation is 1. The average Bonchev–Trinajstić information content (AvgIpc) is 3.07. The number of nitrogens with zero attached hydrogens (tertiary/aromatic N) is 4. The molecule has 0 radical (unpaired) electrons. The maximum Gasteiger partial charge on any atom is 0.309 e. The normalized spacial score (nSPS) is 27.5. The summed E-state index contributed by atoms with van der Waals surface area (Å²) in [6, 6.07) is 0. The first kappa shape index (κ1) is 26.5. The largest absolute Gasteiger partial charge is 0.856 e. The zero-order valence-electron chi connectivity index (χ0n) is 16.4. The number of imidazole rings is 1. The summed E-state index contributed by atoms with van der Waals surface area (Å²) in [6.45, 7) is -5.76. The van der Waals surface area contributed by atoms with Gasteiger partial charge in [-0.15, -0.1) is 0 Å². The van der Waals surface area contributed by atoms with Gasteiger partial charge >= 0.3 is 5.65 Å². The van der Waals surface area contributed by atoms with E-state index >= 15 is 0 Å². The average molecular weight is 547 g/mol. The molecule has 2 unspecified atom stereocenters. The van der Waals surface area contributed by atoms with E-state index in [2.05, 4.69) is 30.6 Å². The summed E-state index contributed by atoms with van der Waals surface area (Å²) in [5, 5.41) is 32.7. The first-order chi connectivity index (χ1) is 15.0. The van der Waals surface area contributed by atoms with E-state index in [1.807, 2.05) is 0 Å². The van der Waals surface area contributed by atoms with Crippen LogP contribution in [-0.2, 0) is 41.6 Å². The molecule has 0 amide bonds. The van der Waals surface area contributed by atoms with Crippen molar-refractivity contribution < 1.29 is 62.2 Å². The minimum atomic E-state index is -5.57. The maximum atomic E-state index is 12.1. The van der Waals surface area contributed by atoms with Crippen LogP contribution in [0.1, 0.15) is 6.23 Å². The lowest BCUT2D eigenvalue weighted by atomic mass is 10.1. The van der Waals surface area contributed by atoms with Gasteiger partial charge in [0.15, 0.2) is 11.8 Å². The van der Waals surface area contributed by atoms with E-state index in [9.17, 15) is 44.0 Å². The topological polar surface area (TPSA) is 278 Å². The molecule has 1 saturated heterocycles. The van der Waals surface area contributed by atoms with Gasteiger partial charge in [-0.3, -0.25) is 8.88 Å². The molecule has 33 heavy (non-hydrogen) atoms. The molecule has 3 rings (SSSR count). The number of hydrogen-bond acceptors (Lipinski definition) is 16. The minimum Gasteiger partial charge on any atom is -0.856 e. The lowest BCUT2D eigenvalue weighted by molar-refractivity contribution is -0.745. The minimum absolute atomic E-state index is 0.0119. The number of anilines is 1. The number of hydrogen-bond donors (Lipinski definition) is 3. The van der Waals surface area contributed by atoms with E-state index in [1.54, 1.807) is 0 Å². The van der Waals surface area contributed by atoms with Crippen LogP contribution in [0.25, 0.3) is 11.2 Å². The molecule has 6 atom stereocenters. The molecule has 1 aliphatic heterocycles. The summed E-state index contributed by atoms with van der Waals surface area (Å²) in [5.41, 5.74) is 5.48. The third kappa shape index (κ3) is 6.13. The van der Waals surface area contributed by atoms with E-state index in [1.165, 1.54) is 22.5 Å².